The number of carbonyl (C=O) groups excluding carboxylic acids is 1. The molecule has 0 radical (unpaired) electrons. The average Bonchev–Trinajstić information content (AvgIpc) is 2.85. The van der Waals surface area contributed by atoms with Crippen LogP contribution in [0.4, 0.5) is 5.82 Å². The van der Waals surface area contributed by atoms with Gasteiger partial charge in [-0.25, -0.2) is 4.68 Å². The van der Waals surface area contributed by atoms with E-state index >= 15 is 0 Å². The molecule has 1 saturated heterocycles. The fourth-order valence-electron chi connectivity index (χ4n) is 2.77. The molecule has 0 spiro atoms. The molecule has 1 N–H and O–H groups in total. The first-order valence-electron chi connectivity index (χ1n) is 8.26. The summed E-state index contributed by atoms with van der Waals surface area (Å²) >= 11 is 0. The second kappa shape index (κ2) is 8.29. The van der Waals surface area contributed by atoms with Crippen LogP contribution in [-0.2, 0) is 16.1 Å². The van der Waals surface area contributed by atoms with Crippen LogP contribution in [0.1, 0.15) is 38.8 Å². The Morgan fingerprint density at radius 3 is 2.86 bits per heavy atom. The van der Waals surface area contributed by atoms with Crippen molar-refractivity contribution in [2.45, 2.75) is 52.6 Å². The van der Waals surface area contributed by atoms with Crippen molar-refractivity contribution in [3.63, 3.8) is 0 Å². The summed E-state index contributed by atoms with van der Waals surface area (Å²) in [7, 11) is 0. The molecule has 124 valence electrons. The molecule has 0 bridgehead atoms. The summed E-state index contributed by atoms with van der Waals surface area (Å²) in [6.45, 7) is 10.6. The van der Waals surface area contributed by atoms with Crippen molar-refractivity contribution in [1.29, 1.82) is 0 Å². The summed E-state index contributed by atoms with van der Waals surface area (Å²) in [4.78, 5) is 14.6. The zero-order valence-corrected chi connectivity index (χ0v) is 14.0. The van der Waals surface area contributed by atoms with Gasteiger partial charge in [0.2, 0.25) is 5.91 Å². The number of aryl methyl sites for hydroxylation is 2. The normalized spacial score (nSPS) is 17.4. The van der Waals surface area contributed by atoms with E-state index in [4.69, 9.17) is 4.74 Å². The lowest BCUT2D eigenvalue weighted by molar-refractivity contribution is -0.116. The van der Waals surface area contributed by atoms with E-state index in [0.717, 1.165) is 57.2 Å². The van der Waals surface area contributed by atoms with Gasteiger partial charge in [0, 0.05) is 38.2 Å². The van der Waals surface area contributed by atoms with E-state index in [0.29, 0.717) is 12.5 Å². The highest BCUT2D eigenvalue weighted by molar-refractivity contribution is 5.89. The number of carbonyl (C=O) groups is 1. The summed E-state index contributed by atoms with van der Waals surface area (Å²) < 4.78 is 7.24. The van der Waals surface area contributed by atoms with E-state index < -0.39 is 0 Å². The Labute approximate surface area is 132 Å². The fraction of sp³-hybridized carbons (Fsp3) is 0.750. The van der Waals surface area contributed by atoms with Gasteiger partial charge < -0.3 is 10.1 Å². The molecule has 2 rings (SSSR count). The van der Waals surface area contributed by atoms with Crippen molar-refractivity contribution >= 4 is 11.7 Å². The summed E-state index contributed by atoms with van der Waals surface area (Å²) in [5.41, 5.74) is 0.936. The molecule has 1 aliphatic rings. The molecule has 1 unspecified atom stereocenters. The first-order chi connectivity index (χ1) is 10.6. The van der Waals surface area contributed by atoms with Crippen molar-refractivity contribution in [3.8, 4) is 0 Å². The van der Waals surface area contributed by atoms with E-state index in [9.17, 15) is 4.79 Å². The molecular formula is C16H28N4O2. The minimum atomic E-state index is 0.0670. The van der Waals surface area contributed by atoms with Gasteiger partial charge in [0.15, 0.2) is 0 Å². The molecule has 0 aliphatic carbocycles. The number of aromatic nitrogens is 2. The van der Waals surface area contributed by atoms with Gasteiger partial charge in [-0.2, -0.15) is 5.10 Å². The molecule has 1 aliphatic heterocycles. The van der Waals surface area contributed by atoms with Crippen LogP contribution in [0, 0.1) is 6.92 Å². The third-order valence-electron chi connectivity index (χ3n) is 4.06. The van der Waals surface area contributed by atoms with Gasteiger partial charge in [-0.3, -0.25) is 9.69 Å². The number of nitrogens with one attached hydrogen (secondary N) is 1. The number of amides is 1. The highest BCUT2D eigenvalue weighted by Crippen LogP contribution is 2.13. The molecule has 0 saturated carbocycles. The van der Waals surface area contributed by atoms with Crippen LogP contribution >= 0.6 is 0 Å². The standard InChI is InChI=1S/C16H28N4O2/c1-4-7-20-15(12-13(2)18-20)17-16(21)6-5-14(3)19-8-10-22-11-9-19/h12,14H,4-11H2,1-3H3,(H,17,21). The Kier molecular flexibility index (Phi) is 6.39. The third kappa shape index (κ3) is 4.81. The van der Waals surface area contributed by atoms with E-state index in [1.165, 1.54) is 0 Å². The molecule has 2 heterocycles. The predicted octanol–water partition coefficient (Wildman–Crippen LogP) is 2.04. The minimum absolute atomic E-state index is 0.0670. The second-order valence-corrected chi connectivity index (χ2v) is 5.98. The van der Waals surface area contributed by atoms with Crippen LogP contribution < -0.4 is 5.32 Å². The summed E-state index contributed by atoms with van der Waals surface area (Å²) in [6.07, 6.45) is 2.40. The van der Waals surface area contributed by atoms with Gasteiger partial charge in [0.05, 0.1) is 18.9 Å². The average molecular weight is 308 g/mol. The lowest BCUT2D eigenvalue weighted by Crippen LogP contribution is -2.42. The highest BCUT2D eigenvalue weighted by atomic mass is 16.5. The number of anilines is 1. The Balaban J connectivity index is 1.80. The van der Waals surface area contributed by atoms with Gasteiger partial charge in [-0.05, 0) is 26.7 Å². The van der Waals surface area contributed by atoms with Crippen molar-refractivity contribution in [2.24, 2.45) is 0 Å². The van der Waals surface area contributed by atoms with Crippen molar-refractivity contribution in [1.82, 2.24) is 14.7 Å². The Morgan fingerprint density at radius 1 is 1.45 bits per heavy atom. The highest BCUT2D eigenvalue weighted by Gasteiger charge is 2.18. The molecule has 1 amide bonds. The van der Waals surface area contributed by atoms with Crippen LogP contribution in [-0.4, -0.2) is 52.9 Å². The number of morpholine rings is 1. The maximum Gasteiger partial charge on any atom is 0.225 e. The van der Waals surface area contributed by atoms with Gasteiger partial charge >= 0.3 is 0 Å². The van der Waals surface area contributed by atoms with Crippen LogP contribution in [0.3, 0.4) is 0 Å². The zero-order valence-electron chi connectivity index (χ0n) is 14.0. The molecule has 22 heavy (non-hydrogen) atoms. The van der Waals surface area contributed by atoms with Crippen molar-refractivity contribution in [3.05, 3.63) is 11.8 Å². The van der Waals surface area contributed by atoms with Gasteiger partial charge in [0.25, 0.3) is 0 Å². The Bertz CT molecular complexity index is 480. The van der Waals surface area contributed by atoms with Crippen LogP contribution in [0.2, 0.25) is 0 Å². The summed E-state index contributed by atoms with van der Waals surface area (Å²) in [5.74, 6) is 0.876. The van der Waals surface area contributed by atoms with E-state index in [2.05, 4.69) is 29.2 Å². The van der Waals surface area contributed by atoms with Gasteiger partial charge in [-0.15, -0.1) is 0 Å². The lowest BCUT2D eigenvalue weighted by atomic mass is 10.1. The largest absolute Gasteiger partial charge is 0.379 e. The quantitative estimate of drug-likeness (QED) is 0.837. The van der Waals surface area contributed by atoms with E-state index in [-0.39, 0.29) is 5.91 Å². The number of hydrogen-bond donors (Lipinski definition) is 1. The SMILES string of the molecule is CCCn1nc(C)cc1NC(=O)CCC(C)N1CCOCC1. The molecular weight excluding hydrogens is 280 g/mol. The van der Waals surface area contributed by atoms with Crippen molar-refractivity contribution in [2.75, 3.05) is 31.6 Å². The molecule has 1 aromatic rings. The fourth-order valence-corrected chi connectivity index (χ4v) is 2.77. The van der Waals surface area contributed by atoms with E-state index in [1.807, 2.05) is 17.7 Å². The first kappa shape index (κ1) is 17.0. The maximum absolute atomic E-state index is 12.2. The molecule has 1 aromatic heterocycles. The summed E-state index contributed by atoms with van der Waals surface area (Å²) in [6, 6.07) is 2.34. The smallest absolute Gasteiger partial charge is 0.225 e. The number of nitrogens with zero attached hydrogens (tertiary/aromatic N) is 3. The van der Waals surface area contributed by atoms with Gasteiger partial charge in [0.1, 0.15) is 5.82 Å². The molecule has 1 fully saturated rings. The lowest BCUT2D eigenvalue weighted by Gasteiger charge is -2.32. The molecule has 6 heteroatoms. The maximum atomic E-state index is 12.2. The third-order valence-corrected chi connectivity index (χ3v) is 4.06. The van der Waals surface area contributed by atoms with Crippen LogP contribution in [0.15, 0.2) is 6.07 Å². The van der Waals surface area contributed by atoms with Crippen LogP contribution in [0.25, 0.3) is 0 Å². The van der Waals surface area contributed by atoms with Crippen molar-refractivity contribution < 1.29 is 9.53 Å². The number of rotatable bonds is 7. The Morgan fingerprint density at radius 2 is 2.18 bits per heavy atom. The minimum Gasteiger partial charge on any atom is -0.379 e. The van der Waals surface area contributed by atoms with Crippen LogP contribution in [0.5, 0.6) is 0 Å². The zero-order chi connectivity index (χ0) is 15.9. The topological polar surface area (TPSA) is 59.4 Å². The monoisotopic (exact) mass is 308 g/mol. The number of ether oxygens (including phenoxy) is 1. The number of hydrogen-bond acceptors (Lipinski definition) is 4. The molecule has 6 nitrogen and oxygen atoms in total. The van der Waals surface area contributed by atoms with E-state index in [1.54, 1.807) is 0 Å². The predicted molar refractivity (Wildman–Crippen MR) is 87.0 cm³/mol. The molecule has 0 aromatic carbocycles. The first-order valence-corrected chi connectivity index (χ1v) is 8.26. The second-order valence-electron chi connectivity index (χ2n) is 5.98. The van der Waals surface area contributed by atoms with Gasteiger partial charge in [-0.1, -0.05) is 6.92 Å². The summed E-state index contributed by atoms with van der Waals surface area (Å²) in [5, 5.41) is 7.39. The molecule has 1 atom stereocenters. The Hall–Kier alpha value is -1.40.